The van der Waals surface area contributed by atoms with E-state index < -0.39 is 0 Å². The Bertz CT molecular complexity index is 58.0. The number of rotatable bonds is 1. The maximum Gasteiger partial charge on any atom is 1.00 e. The molecule has 0 atom stereocenters. The van der Waals surface area contributed by atoms with Crippen LogP contribution in [0.3, 0.4) is 0 Å². The summed E-state index contributed by atoms with van der Waals surface area (Å²) in [6.07, 6.45) is 0. The zero-order valence-electron chi connectivity index (χ0n) is 5.05. The Morgan fingerprint density at radius 3 is 2.43 bits per heavy atom. The topological polar surface area (TPSA) is 26.3 Å². The molecule has 0 unspecified atom stereocenters. The van der Waals surface area contributed by atoms with Crippen molar-refractivity contribution in [2.45, 2.75) is 0 Å². The number of carbonyl (C=O) groups is 1. The minimum Gasteiger partial charge on any atom is -1.00 e. The second-order valence-electron chi connectivity index (χ2n) is 0.648. The van der Waals surface area contributed by atoms with Crippen LogP contribution < -0.4 is 29.6 Å². The van der Waals surface area contributed by atoms with Gasteiger partial charge in [-0.25, -0.2) is 0 Å². The molecule has 0 radical (unpaired) electrons. The van der Waals surface area contributed by atoms with E-state index in [0.717, 1.165) is 0 Å². The Morgan fingerprint density at radius 2 is 2.43 bits per heavy atom. The van der Waals surface area contributed by atoms with E-state index in [9.17, 15) is 4.79 Å². The fraction of sp³-hybridized carbons (Fsp3) is 0.500. The summed E-state index contributed by atoms with van der Waals surface area (Å²) in [5.74, 6) is -0.0397. The van der Waals surface area contributed by atoms with Crippen molar-refractivity contribution in [1.29, 1.82) is 0 Å². The maximum atomic E-state index is 9.91. The molecule has 0 aromatic carbocycles. The molecule has 0 saturated carbocycles. The second kappa shape index (κ2) is 7.64. The first kappa shape index (κ1) is 11.4. The summed E-state index contributed by atoms with van der Waals surface area (Å²) in [4.78, 5) is 9.91. The Balaban J connectivity index is -0.000000125. The standard InChI is InChI=1S/C2H4O2S.Na.Sb.3H/c3-2(4)1-5;;;;;/h5H,1H2,(H,3,4);;;;;/q;2*+1;;;-1/p-1. The van der Waals surface area contributed by atoms with Gasteiger partial charge in [0.25, 0.3) is 0 Å². The largest absolute Gasteiger partial charge is 1.00 e. The van der Waals surface area contributed by atoms with Crippen LogP contribution in [-0.2, 0) is 7.81 Å². The van der Waals surface area contributed by atoms with Crippen LogP contribution in [-0.4, -0.2) is 35.2 Å². The van der Waals surface area contributed by atoms with Gasteiger partial charge in [-0.1, -0.05) is 0 Å². The van der Waals surface area contributed by atoms with Crippen molar-refractivity contribution >= 4 is 42.0 Å². The van der Waals surface area contributed by atoms with Gasteiger partial charge >= 0.3 is 85.2 Å². The third-order valence-corrected chi connectivity index (χ3v) is 1.27. The Morgan fingerprint density at radius 1 is 2.00 bits per heavy atom. The molecular weight excluding hydrogens is 233 g/mol. The van der Waals surface area contributed by atoms with Crippen molar-refractivity contribution in [3.8, 4) is 0 Å². The summed E-state index contributed by atoms with van der Waals surface area (Å²) in [5.41, 5.74) is 0. The van der Waals surface area contributed by atoms with Gasteiger partial charge in [0, 0.05) is 0 Å². The summed E-state index contributed by atoms with van der Waals surface area (Å²) in [6.45, 7) is 0. The summed E-state index contributed by atoms with van der Waals surface area (Å²) < 4.78 is 4.31. The Labute approximate surface area is 85.6 Å². The molecule has 0 amide bonds. The monoisotopic (exact) mass is 238 g/mol. The fourth-order valence-corrected chi connectivity index (χ4v) is 0.750. The van der Waals surface area contributed by atoms with Crippen molar-refractivity contribution in [2.75, 3.05) is 5.75 Å². The minimum absolute atomic E-state index is 0. The van der Waals surface area contributed by atoms with Crippen LogP contribution in [0.1, 0.15) is 1.43 Å². The zero-order valence-corrected chi connectivity index (χ0v) is 10.2. The molecular formula is C2H6NaO2SSb. The van der Waals surface area contributed by atoms with Crippen molar-refractivity contribution < 1.29 is 38.8 Å². The third-order valence-electron chi connectivity index (χ3n) is 0.261. The molecule has 0 N–H and O–H groups in total. The molecule has 0 aromatic heterocycles. The van der Waals surface area contributed by atoms with Crippen LogP contribution in [0.4, 0.5) is 0 Å². The Hall–Kier alpha value is 1.64. The number of thiol groups is 1. The molecule has 0 aromatic rings. The molecule has 0 spiro atoms. The van der Waals surface area contributed by atoms with Gasteiger partial charge in [-0.05, 0) is 0 Å². The van der Waals surface area contributed by atoms with Crippen LogP contribution in [0.25, 0.3) is 0 Å². The molecule has 0 rings (SSSR count). The average Bonchev–Trinajstić information content (AvgIpc) is 1.65. The molecule has 38 valence electrons. The molecule has 7 heavy (non-hydrogen) atoms. The zero-order chi connectivity index (χ0) is 4.99. The average molecular weight is 239 g/mol. The predicted octanol–water partition coefficient (Wildman–Crippen LogP) is -3.88. The molecule has 0 heterocycles. The van der Waals surface area contributed by atoms with E-state index in [1.807, 2.05) is 0 Å². The quantitative estimate of drug-likeness (QED) is 0.374. The molecule has 0 fully saturated rings. The first-order chi connectivity index (χ1) is 2.81. The first-order valence-corrected chi connectivity index (χ1v) is 3.29. The van der Waals surface area contributed by atoms with Gasteiger partial charge in [-0.3, -0.25) is 0 Å². The van der Waals surface area contributed by atoms with Crippen LogP contribution >= 0.6 is 12.6 Å². The molecule has 0 saturated heterocycles. The summed E-state index contributed by atoms with van der Waals surface area (Å²) in [6, 6.07) is 0. The smallest absolute Gasteiger partial charge is 1.00 e. The van der Waals surface area contributed by atoms with Crippen LogP contribution in [0.2, 0.25) is 0 Å². The van der Waals surface area contributed by atoms with Crippen LogP contribution in [0.5, 0.6) is 0 Å². The summed E-state index contributed by atoms with van der Waals surface area (Å²) in [7, 11) is 0. The van der Waals surface area contributed by atoms with Crippen molar-refractivity contribution in [3.63, 3.8) is 0 Å². The molecule has 5 heteroatoms. The van der Waals surface area contributed by atoms with E-state index in [1.54, 1.807) is 0 Å². The van der Waals surface area contributed by atoms with Crippen LogP contribution in [0.15, 0.2) is 0 Å². The van der Waals surface area contributed by atoms with Gasteiger partial charge < -0.3 is 1.43 Å². The van der Waals surface area contributed by atoms with Gasteiger partial charge in [0.05, 0.1) is 0 Å². The van der Waals surface area contributed by atoms with Gasteiger partial charge in [0.1, 0.15) is 0 Å². The van der Waals surface area contributed by atoms with Gasteiger partial charge in [0.2, 0.25) is 0 Å². The van der Waals surface area contributed by atoms with E-state index in [1.165, 1.54) is 0 Å². The van der Waals surface area contributed by atoms with Gasteiger partial charge in [-0.15, -0.1) is 0 Å². The molecule has 0 aliphatic rings. The maximum absolute atomic E-state index is 9.91. The van der Waals surface area contributed by atoms with E-state index >= 15 is 0 Å². The molecule has 0 aliphatic heterocycles. The second-order valence-corrected chi connectivity index (χ2v) is 1.64. The first-order valence-electron chi connectivity index (χ1n) is 1.31. The molecule has 0 bridgehead atoms. The van der Waals surface area contributed by atoms with E-state index in [4.69, 9.17) is 0 Å². The Kier molecular flexibility index (Phi) is 12.5. The van der Waals surface area contributed by atoms with E-state index in [-0.39, 0.29) is 42.7 Å². The van der Waals surface area contributed by atoms with Crippen molar-refractivity contribution in [3.05, 3.63) is 0 Å². The van der Waals surface area contributed by atoms with Crippen LogP contribution in [0, 0.1) is 0 Å². The van der Waals surface area contributed by atoms with Crippen molar-refractivity contribution in [1.82, 2.24) is 0 Å². The predicted molar refractivity (Wildman–Crippen MR) is 29.6 cm³/mol. The summed E-state index contributed by atoms with van der Waals surface area (Å²) >= 11 is 4.18. The fourth-order valence-electron chi connectivity index (χ4n) is 0.0373. The number of hydrogen-bond donors (Lipinski definition) is 1. The van der Waals surface area contributed by atoms with Gasteiger partial charge in [-0.2, -0.15) is 0 Å². The number of carbonyl (C=O) groups excluding carboxylic acids is 1. The third kappa shape index (κ3) is 7.64. The summed E-state index contributed by atoms with van der Waals surface area (Å²) in [5, 5.41) is 0. The van der Waals surface area contributed by atoms with E-state index in [2.05, 4.69) is 15.6 Å². The van der Waals surface area contributed by atoms with Gasteiger partial charge in [0.15, 0.2) is 0 Å². The SMILES string of the molecule is O=C(CS)[O][SbH2].[H-].[Na+]. The molecule has 0 aliphatic carbocycles. The number of hydrogen-bond acceptors (Lipinski definition) is 3. The van der Waals surface area contributed by atoms with Crippen molar-refractivity contribution in [2.24, 2.45) is 0 Å². The normalized spacial score (nSPS) is 6.57. The molecule has 2 nitrogen and oxygen atoms in total. The van der Waals surface area contributed by atoms with E-state index in [0.29, 0.717) is 23.4 Å². The minimum atomic E-state index is -0.235.